The molecule has 4 heteroatoms. The van der Waals surface area contributed by atoms with Gasteiger partial charge in [0.1, 0.15) is 0 Å². The van der Waals surface area contributed by atoms with Gasteiger partial charge < -0.3 is 4.74 Å². The van der Waals surface area contributed by atoms with Crippen molar-refractivity contribution < 1.29 is 9.13 Å². The Morgan fingerprint density at radius 3 is 2.48 bits per heavy atom. The molecule has 0 unspecified atom stereocenters. The van der Waals surface area contributed by atoms with Crippen molar-refractivity contribution in [3.05, 3.63) is 42.1 Å². The summed E-state index contributed by atoms with van der Waals surface area (Å²) in [4.78, 5) is 8.83. The highest BCUT2D eigenvalue weighted by atomic mass is 19.1. The Labute approximate surface area is 137 Å². The second-order valence-corrected chi connectivity index (χ2v) is 5.70. The normalized spacial score (nSPS) is 10.7. The fraction of sp³-hybridized carbons (Fsp3) is 0.474. The molecule has 0 amide bonds. The molecule has 0 atom stereocenters. The molecule has 0 aliphatic heterocycles. The number of aryl methyl sites for hydroxylation is 1. The van der Waals surface area contributed by atoms with Crippen molar-refractivity contribution in [3.8, 4) is 17.0 Å². The Morgan fingerprint density at radius 2 is 1.83 bits per heavy atom. The van der Waals surface area contributed by atoms with Gasteiger partial charge in [-0.25, -0.2) is 4.39 Å². The number of halogens is 1. The average molecular weight is 316 g/mol. The lowest BCUT2D eigenvalue weighted by Gasteiger charge is -2.08. The predicted octanol–water partition coefficient (Wildman–Crippen LogP) is 5.19. The van der Waals surface area contributed by atoms with Crippen LogP contribution >= 0.6 is 0 Å². The molecule has 0 radical (unpaired) electrons. The fourth-order valence-corrected chi connectivity index (χ4v) is 2.29. The number of rotatable bonds is 9. The summed E-state index contributed by atoms with van der Waals surface area (Å²) in [6, 6.07) is 4.95. The van der Waals surface area contributed by atoms with E-state index in [4.69, 9.17) is 4.74 Å². The molecule has 0 bridgehead atoms. The van der Waals surface area contributed by atoms with Crippen molar-refractivity contribution in [2.24, 2.45) is 0 Å². The largest absolute Gasteiger partial charge is 0.491 e. The van der Waals surface area contributed by atoms with Crippen molar-refractivity contribution in [2.45, 2.75) is 52.4 Å². The topological polar surface area (TPSA) is 35.0 Å². The molecule has 1 aromatic carbocycles. The van der Waals surface area contributed by atoms with Crippen LogP contribution in [0.15, 0.2) is 30.6 Å². The first-order valence-electron chi connectivity index (χ1n) is 8.48. The van der Waals surface area contributed by atoms with Crippen LogP contribution in [0.25, 0.3) is 11.3 Å². The van der Waals surface area contributed by atoms with Crippen LogP contribution in [0.3, 0.4) is 0 Å². The molecule has 0 saturated heterocycles. The zero-order chi connectivity index (χ0) is 16.5. The van der Waals surface area contributed by atoms with Crippen LogP contribution in [0, 0.1) is 5.82 Å². The van der Waals surface area contributed by atoms with Crippen molar-refractivity contribution in [2.75, 3.05) is 6.61 Å². The molecule has 0 spiro atoms. The summed E-state index contributed by atoms with van der Waals surface area (Å²) in [5, 5.41) is 0. The molecule has 0 fully saturated rings. The summed E-state index contributed by atoms with van der Waals surface area (Å²) in [5.41, 5.74) is 2.39. The molecule has 2 rings (SSSR count). The predicted molar refractivity (Wildman–Crippen MR) is 91.1 cm³/mol. The standard InChI is InChI=1S/C19H25FN2O/c1-3-5-7-8-16-13-22-18(14-21-16)15-9-10-19(17(20)12-15)23-11-6-4-2/h9-10,12-14H,3-8,11H2,1-2H3. The number of ether oxygens (including phenoxy) is 1. The van der Waals surface area contributed by atoms with E-state index < -0.39 is 0 Å². The van der Waals surface area contributed by atoms with Crippen molar-refractivity contribution >= 4 is 0 Å². The lowest BCUT2D eigenvalue weighted by atomic mass is 10.1. The van der Waals surface area contributed by atoms with Gasteiger partial charge in [-0.15, -0.1) is 0 Å². The van der Waals surface area contributed by atoms with Gasteiger partial charge in [-0.05, 0) is 37.5 Å². The third kappa shape index (κ3) is 5.31. The molecule has 0 aliphatic rings. The second-order valence-electron chi connectivity index (χ2n) is 5.70. The van der Waals surface area contributed by atoms with Crippen LogP contribution < -0.4 is 4.74 Å². The van der Waals surface area contributed by atoms with Gasteiger partial charge >= 0.3 is 0 Å². The Hall–Kier alpha value is -1.97. The highest BCUT2D eigenvalue weighted by molar-refractivity contribution is 5.59. The Balaban J connectivity index is 2.02. The maximum Gasteiger partial charge on any atom is 0.165 e. The summed E-state index contributed by atoms with van der Waals surface area (Å²) < 4.78 is 19.5. The molecular weight excluding hydrogens is 291 g/mol. The zero-order valence-corrected chi connectivity index (χ0v) is 14.0. The number of hydrogen-bond donors (Lipinski definition) is 0. The highest BCUT2D eigenvalue weighted by Crippen LogP contribution is 2.24. The minimum absolute atomic E-state index is 0.298. The molecule has 0 aliphatic carbocycles. The number of hydrogen-bond acceptors (Lipinski definition) is 3. The summed E-state index contributed by atoms with van der Waals surface area (Å²) in [7, 11) is 0. The average Bonchev–Trinajstić information content (AvgIpc) is 2.57. The maximum absolute atomic E-state index is 14.1. The minimum atomic E-state index is -0.354. The summed E-state index contributed by atoms with van der Waals surface area (Å²) in [6.45, 7) is 4.80. The summed E-state index contributed by atoms with van der Waals surface area (Å²) in [5.74, 6) is -0.0567. The quantitative estimate of drug-likeness (QED) is 0.597. The molecule has 1 aromatic heterocycles. The van der Waals surface area contributed by atoms with E-state index in [1.165, 1.54) is 18.9 Å². The fourth-order valence-electron chi connectivity index (χ4n) is 2.29. The van der Waals surface area contributed by atoms with E-state index in [0.717, 1.165) is 36.9 Å². The molecule has 2 aromatic rings. The van der Waals surface area contributed by atoms with Crippen molar-refractivity contribution in [1.29, 1.82) is 0 Å². The molecule has 0 saturated carbocycles. The Morgan fingerprint density at radius 1 is 1.00 bits per heavy atom. The van der Waals surface area contributed by atoms with E-state index in [1.54, 1.807) is 18.5 Å². The SMILES string of the molecule is CCCCCc1cnc(-c2ccc(OCCCC)c(F)c2)cn1. The molecule has 23 heavy (non-hydrogen) atoms. The van der Waals surface area contributed by atoms with E-state index in [9.17, 15) is 4.39 Å². The van der Waals surface area contributed by atoms with Gasteiger partial charge in [0, 0.05) is 11.8 Å². The second kappa shape index (κ2) is 9.23. The molecule has 3 nitrogen and oxygen atoms in total. The van der Waals surface area contributed by atoms with E-state index >= 15 is 0 Å². The van der Waals surface area contributed by atoms with Gasteiger partial charge in [-0.1, -0.05) is 33.1 Å². The molecule has 1 heterocycles. The number of nitrogens with zero attached hydrogens (tertiary/aromatic N) is 2. The minimum Gasteiger partial charge on any atom is -0.491 e. The van der Waals surface area contributed by atoms with Gasteiger partial charge in [0.2, 0.25) is 0 Å². The van der Waals surface area contributed by atoms with Crippen LogP contribution in [-0.4, -0.2) is 16.6 Å². The Kier molecular flexibility index (Phi) is 6.98. The number of unbranched alkanes of at least 4 members (excludes halogenated alkanes) is 3. The monoisotopic (exact) mass is 316 g/mol. The first-order chi connectivity index (χ1) is 11.2. The number of aromatic nitrogens is 2. The molecule has 124 valence electrons. The van der Waals surface area contributed by atoms with Crippen LogP contribution in [0.4, 0.5) is 4.39 Å². The van der Waals surface area contributed by atoms with Gasteiger partial charge in [-0.3, -0.25) is 9.97 Å². The van der Waals surface area contributed by atoms with E-state index in [-0.39, 0.29) is 5.82 Å². The van der Waals surface area contributed by atoms with Gasteiger partial charge in [0.25, 0.3) is 0 Å². The first kappa shape index (κ1) is 17.4. The van der Waals surface area contributed by atoms with E-state index in [1.807, 2.05) is 6.07 Å². The zero-order valence-electron chi connectivity index (χ0n) is 14.0. The van der Waals surface area contributed by atoms with E-state index in [2.05, 4.69) is 23.8 Å². The van der Waals surface area contributed by atoms with Crippen molar-refractivity contribution in [3.63, 3.8) is 0 Å². The molecular formula is C19H25FN2O. The smallest absolute Gasteiger partial charge is 0.165 e. The molecule has 0 N–H and O–H groups in total. The Bertz CT molecular complexity index is 599. The maximum atomic E-state index is 14.1. The lowest BCUT2D eigenvalue weighted by Crippen LogP contribution is -1.99. The highest BCUT2D eigenvalue weighted by Gasteiger charge is 2.08. The van der Waals surface area contributed by atoms with Gasteiger partial charge in [0.15, 0.2) is 11.6 Å². The third-order valence-electron chi connectivity index (χ3n) is 3.72. The van der Waals surface area contributed by atoms with Crippen LogP contribution in [0.1, 0.15) is 51.6 Å². The summed E-state index contributed by atoms with van der Waals surface area (Å²) in [6.07, 6.45) is 9.92. The van der Waals surface area contributed by atoms with Gasteiger partial charge in [-0.2, -0.15) is 0 Å². The first-order valence-corrected chi connectivity index (χ1v) is 8.48. The lowest BCUT2D eigenvalue weighted by molar-refractivity contribution is 0.294. The van der Waals surface area contributed by atoms with Crippen LogP contribution in [0.5, 0.6) is 5.75 Å². The van der Waals surface area contributed by atoms with E-state index in [0.29, 0.717) is 18.1 Å². The number of benzene rings is 1. The van der Waals surface area contributed by atoms with Crippen molar-refractivity contribution in [1.82, 2.24) is 9.97 Å². The van der Waals surface area contributed by atoms with Gasteiger partial charge in [0.05, 0.1) is 24.2 Å². The van der Waals surface area contributed by atoms with Crippen LogP contribution in [-0.2, 0) is 6.42 Å². The summed E-state index contributed by atoms with van der Waals surface area (Å²) >= 11 is 0. The third-order valence-corrected chi connectivity index (χ3v) is 3.72. The van der Waals surface area contributed by atoms with Crippen LogP contribution in [0.2, 0.25) is 0 Å².